The van der Waals surface area contributed by atoms with Crippen molar-refractivity contribution in [1.82, 2.24) is 15.1 Å². The molecule has 0 spiro atoms. The Hall–Kier alpha value is -1.35. The highest BCUT2D eigenvalue weighted by Gasteiger charge is 2.23. The molecular weight excluding hydrogens is 258 g/mol. The monoisotopic (exact) mass is 287 g/mol. The lowest BCUT2D eigenvalue weighted by molar-refractivity contribution is 0.290. The fourth-order valence-electron chi connectivity index (χ4n) is 3.27. The molecule has 0 aliphatic carbocycles. The van der Waals surface area contributed by atoms with Crippen molar-refractivity contribution in [3.63, 3.8) is 0 Å². The zero-order valence-corrected chi connectivity index (χ0v) is 14.1. The normalized spacial score (nSPS) is 14.8. The van der Waals surface area contributed by atoms with Crippen LogP contribution in [0.3, 0.4) is 0 Å². The van der Waals surface area contributed by atoms with Crippen molar-refractivity contribution in [2.24, 2.45) is 11.8 Å². The number of rotatable bonds is 7. The maximum Gasteiger partial charge on any atom is 0.0706 e. The molecule has 2 unspecified atom stereocenters. The molecule has 2 aromatic rings. The van der Waals surface area contributed by atoms with Crippen LogP contribution in [0.4, 0.5) is 0 Å². The molecular formula is C18H29N3. The molecule has 0 aliphatic rings. The first kappa shape index (κ1) is 16.0. The summed E-state index contributed by atoms with van der Waals surface area (Å²) in [5.41, 5.74) is 2.50. The minimum atomic E-state index is 0.514. The lowest BCUT2D eigenvalue weighted by Crippen LogP contribution is -2.37. The van der Waals surface area contributed by atoms with E-state index in [1.165, 1.54) is 16.6 Å². The van der Waals surface area contributed by atoms with Crippen molar-refractivity contribution in [3.8, 4) is 0 Å². The molecule has 1 aromatic heterocycles. The zero-order valence-electron chi connectivity index (χ0n) is 14.1. The van der Waals surface area contributed by atoms with E-state index in [2.05, 4.69) is 68.9 Å². The zero-order chi connectivity index (χ0) is 15.4. The van der Waals surface area contributed by atoms with Gasteiger partial charge in [0.25, 0.3) is 0 Å². The Labute approximate surface area is 128 Å². The van der Waals surface area contributed by atoms with Gasteiger partial charge in [0.15, 0.2) is 0 Å². The number of hydrogen-bond donors (Lipinski definition) is 1. The van der Waals surface area contributed by atoms with Gasteiger partial charge in [-0.1, -0.05) is 39.0 Å². The van der Waals surface area contributed by atoms with Gasteiger partial charge in [0.1, 0.15) is 0 Å². The van der Waals surface area contributed by atoms with Crippen LogP contribution in [0.2, 0.25) is 0 Å². The van der Waals surface area contributed by atoms with E-state index in [-0.39, 0.29) is 0 Å². The highest BCUT2D eigenvalue weighted by molar-refractivity contribution is 5.81. The molecule has 0 fully saturated rings. The van der Waals surface area contributed by atoms with Crippen LogP contribution < -0.4 is 5.32 Å². The molecule has 0 saturated carbocycles. The minimum absolute atomic E-state index is 0.514. The molecule has 0 saturated heterocycles. The summed E-state index contributed by atoms with van der Waals surface area (Å²) in [5.74, 6) is 1.25. The topological polar surface area (TPSA) is 29.9 Å². The summed E-state index contributed by atoms with van der Waals surface area (Å²) >= 11 is 0. The van der Waals surface area contributed by atoms with Gasteiger partial charge < -0.3 is 5.32 Å². The van der Waals surface area contributed by atoms with E-state index in [9.17, 15) is 0 Å². The largest absolute Gasteiger partial charge is 0.314 e. The van der Waals surface area contributed by atoms with Gasteiger partial charge in [-0.05, 0) is 44.7 Å². The fraction of sp³-hybridized carbons (Fsp3) is 0.611. The van der Waals surface area contributed by atoms with Gasteiger partial charge in [-0.25, -0.2) is 0 Å². The average molecular weight is 287 g/mol. The van der Waals surface area contributed by atoms with Crippen LogP contribution in [0, 0.1) is 11.8 Å². The number of benzene rings is 1. The predicted octanol–water partition coefficient (Wildman–Crippen LogP) is 3.87. The fourth-order valence-corrected chi connectivity index (χ4v) is 3.27. The summed E-state index contributed by atoms with van der Waals surface area (Å²) in [6.45, 7) is 13.2. The second-order valence-electron chi connectivity index (χ2n) is 6.24. The third-order valence-corrected chi connectivity index (χ3v) is 4.49. The molecule has 21 heavy (non-hydrogen) atoms. The first-order chi connectivity index (χ1) is 10.1. The second kappa shape index (κ2) is 7.08. The van der Waals surface area contributed by atoms with E-state index < -0.39 is 0 Å². The Bertz CT molecular complexity index is 571. The Morgan fingerprint density at radius 1 is 1.14 bits per heavy atom. The Morgan fingerprint density at radius 2 is 1.86 bits per heavy atom. The standard InChI is InChI=1S/C18H29N3/c1-6-19-14(5)16(13(3)4)12-17-15-10-8-9-11-18(15)21(7-2)20-17/h8-11,13-14,16,19H,6-7,12H2,1-5H3. The van der Waals surface area contributed by atoms with Crippen molar-refractivity contribution in [3.05, 3.63) is 30.0 Å². The predicted molar refractivity (Wildman–Crippen MR) is 90.6 cm³/mol. The molecule has 3 heteroatoms. The van der Waals surface area contributed by atoms with E-state index in [1.54, 1.807) is 0 Å². The van der Waals surface area contributed by atoms with Gasteiger partial charge >= 0.3 is 0 Å². The summed E-state index contributed by atoms with van der Waals surface area (Å²) in [5, 5.41) is 9.76. The Kier molecular flexibility index (Phi) is 5.40. The van der Waals surface area contributed by atoms with Crippen LogP contribution in [0.5, 0.6) is 0 Å². The quantitative estimate of drug-likeness (QED) is 0.838. The van der Waals surface area contributed by atoms with Crippen molar-refractivity contribution in [2.75, 3.05) is 6.54 Å². The van der Waals surface area contributed by atoms with Gasteiger partial charge in [-0.3, -0.25) is 4.68 Å². The number of aromatic nitrogens is 2. The molecule has 0 aliphatic heterocycles. The van der Waals surface area contributed by atoms with Gasteiger partial charge in [0.05, 0.1) is 11.2 Å². The molecule has 1 N–H and O–H groups in total. The Morgan fingerprint density at radius 3 is 2.48 bits per heavy atom. The van der Waals surface area contributed by atoms with E-state index in [4.69, 9.17) is 5.10 Å². The van der Waals surface area contributed by atoms with E-state index in [0.717, 1.165) is 19.5 Å². The van der Waals surface area contributed by atoms with E-state index >= 15 is 0 Å². The third-order valence-electron chi connectivity index (χ3n) is 4.49. The van der Waals surface area contributed by atoms with Crippen LogP contribution in [0.25, 0.3) is 10.9 Å². The van der Waals surface area contributed by atoms with Gasteiger partial charge in [0.2, 0.25) is 0 Å². The molecule has 1 aromatic carbocycles. The summed E-state index contributed by atoms with van der Waals surface area (Å²) < 4.78 is 2.12. The maximum absolute atomic E-state index is 4.86. The van der Waals surface area contributed by atoms with Gasteiger partial charge in [0, 0.05) is 18.0 Å². The molecule has 0 amide bonds. The lowest BCUT2D eigenvalue weighted by Gasteiger charge is -2.27. The van der Waals surface area contributed by atoms with Crippen LogP contribution in [-0.2, 0) is 13.0 Å². The molecule has 2 atom stereocenters. The van der Waals surface area contributed by atoms with Crippen molar-refractivity contribution in [2.45, 2.75) is 53.6 Å². The number of para-hydroxylation sites is 1. The maximum atomic E-state index is 4.86. The van der Waals surface area contributed by atoms with Crippen molar-refractivity contribution in [1.29, 1.82) is 0 Å². The van der Waals surface area contributed by atoms with Crippen LogP contribution >= 0.6 is 0 Å². The van der Waals surface area contributed by atoms with Gasteiger partial charge in [-0.2, -0.15) is 5.10 Å². The van der Waals surface area contributed by atoms with E-state index in [1.807, 2.05) is 0 Å². The highest BCUT2D eigenvalue weighted by atomic mass is 15.3. The first-order valence-corrected chi connectivity index (χ1v) is 8.26. The average Bonchev–Trinajstić information content (AvgIpc) is 2.82. The van der Waals surface area contributed by atoms with Crippen LogP contribution in [0.15, 0.2) is 24.3 Å². The van der Waals surface area contributed by atoms with Crippen LogP contribution in [0.1, 0.15) is 40.3 Å². The summed E-state index contributed by atoms with van der Waals surface area (Å²) in [7, 11) is 0. The third kappa shape index (κ3) is 3.46. The Balaban J connectivity index is 2.32. The summed E-state index contributed by atoms with van der Waals surface area (Å²) in [6, 6.07) is 9.11. The number of fused-ring (bicyclic) bond motifs is 1. The first-order valence-electron chi connectivity index (χ1n) is 8.26. The molecule has 3 nitrogen and oxygen atoms in total. The number of aryl methyl sites for hydroxylation is 1. The summed E-state index contributed by atoms with van der Waals surface area (Å²) in [6.07, 6.45) is 1.04. The minimum Gasteiger partial charge on any atom is -0.314 e. The summed E-state index contributed by atoms with van der Waals surface area (Å²) in [4.78, 5) is 0. The van der Waals surface area contributed by atoms with Crippen molar-refractivity contribution < 1.29 is 0 Å². The molecule has 1 heterocycles. The lowest BCUT2D eigenvalue weighted by atomic mass is 9.85. The number of nitrogens with one attached hydrogen (secondary N) is 1. The van der Waals surface area contributed by atoms with E-state index in [0.29, 0.717) is 17.9 Å². The highest BCUT2D eigenvalue weighted by Crippen LogP contribution is 2.25. The molecule has 116 valence electrons. The second-order valence-corrected chi connectivity index (χ2v) is 6.24. The SMILES string of the molecule is CCNC(C)C(Cc1nn(CC)c2ccccc12)C(C)C. The molecule has 2 rings (SSSR count). The smallest absolute Gasteiger partial charge is 0.0706 e. The van der Waals surface area contributed by atoms with Crippen LogP contribution in [-0.4, -0.2) is 22.4 Å². The van der Waals surface area contributed by atoms with Crippen molar-refractivity contribution >= 4 is 10.9 Å². The number of nitrogens with zero attached hydrogens (tertiary/aromatic N) is 2. The molecule has 0 radical (unpaired) electrons. The molecule has 0 bridgehead atoms. The van der Waals surface area contributed by atoms with Gasteiger partial charge in [-0.15, -0.1) is 0 Å². The number of hydrogen-bond acceptors (Lipinski definition) is 2.